The van der Waals surface area contributed by atoms with Crippen LogP contribution in [-0.2, 0) is 19.5 Å². The van der Waals surface area contributed by atoms with Gasteiger partial charge >= 0.3 is 0 Å². The SMILES string of the molecule is CC(CN(C)C)Nc1nc(-c2ccncc2)nc2c1CN(Cc1ccccc1F)CC2. The van der Waals surface area contributed by atoms with Gasteiger partial charge in [-0.25, -0.2) is 14.4 Å². The summed E-state index contributed by atoms with van der Waals surface area (Å²) in [5.74, 6) is 1.42. The average Bonchev–Trinajstić information content (AvgIpc) is 2.75. The van der Waals surface area contributed by atoms with Crippen LogP contribution < -0.4 is 5.32 Å². The lowest BCUT2D eigenvalue weighted by Crippen LogP contribution is -2.34. The molecule has 6 nitrogen and oxygen atoms in total. The van der Waals surface area contributed by atoms with Gasteiger partial charge in [0.25, 0.3) is 0 Å². The molecule has 7 heteroatoms. The van der Waals surface area contributed by atoms with Crippen LogP contribution in [0.5, 0.6) is 0 Å². The van der Waals surface area contributed by atoms with Gasteiger partial charge in [0.05, 0.1) is 5.69 Å². The summed E-state index contributed by atoms with van der Waals surface area (Å²) in [6, 6.07) is 11.1. The third kappa shape index (κ3) is 5.24. The van der Waals surface area contributed by atoms with Gasteiger partial charge in [0, 0.05) is 67.7 Å². The van der Waals surface area contributed by atoms with Crippen molar-refractivity contribution in [3.63, 3.8) is 0 Å². The van der Waals surface area contributed by atoms with E-state index in [1.807, 2.05) is 24.3 Å². The highest BCUT2D eigenvalue weighted by Crippen LogP contribution is 2.28. The highest BCUT2D eigenvalue weighted by atomic mass is 19.1. The molecule has 0 radical (unpaired) electrons. The van der Waals surface area contributed by atoms with Gasteiger partial charge in [-0.3, -0.25) is 9.88 Å². The molecular weight excluding hydrogens is 391 g/mol. The molecule has 0 aliphatic carbocycles. The first-order valence-electron chi connectivity index (χ1n) is 10.7. The number of fused-ring (bicyclic) bond motifs is 1. The molecule has 2 aromatic heterocycles. The maximum Gasteiger partial charge on any atom is 0.161 e. The van der Waals surface area contributed by atoms with E-state index in [2.05, 4.69) is 41.1 Å². The van der Waals surface area contributed by atoms with Gasteiger partial charge < -0.3 is 10.2 Å². The number of benzene rings is 1. The number of nitrogens with one attached hydrogen (secondary N) is 1. The van der Waals surface area contributed by atoms with Crippen molar-refractivity contribution in [1.29, 1.82) is 0 Å². The van der Waals surface area contributed by atoms with Crippen molar-refractivity contribution >= 4 is 5.82 Å². The molecule has 0 spiro atoms. The molecule has 31 heavy (non-hydrogen) atoms. The van der Waals surface area contributed by atoms with Crippen LogP contribution in [0.3, 0.4) is 0 Å². The molecule has 1 aromatic carbocycles. The van der Waals surface area contributed by atoms with E-state index in [9.17, 15) is 4.39 Å². The summed E-state index contributed by atoms with van der Waals surface area (Å²) < 4.78 is 14.2. The van der Waals surface area contributed by atoms with Gasteiger partial charge in [-0.1, -0.05) is 18.2 Å². The summed E-state index contributed by atoms with van der Waals surface area (Å²) in [5.41, 5.74) is 3.84. The summed E-state index contributed by atoms with van der Waals surface area (Å²) in [7, 11) is 4.12. The zero-order chi connectivity index (χ0) is 21.8. The second-order valence-corrected chi connectivity index (χ2v) is 8.42. The van der Waals surface area contributed by atoms with Crippen LogP contribution in [0.15, 0.2) is 48.8 Å². The van der Waals surface area contributed by atoms with Crippen LogP contribution in [0.4, 0.5) is 10.2 Å². The van der Waals surface area contributed by atoms with E-state index in [-0.39, 0.29) is 11.9 Å². The molecule has 0 amide bonds. The fourth-order valence-corrected chi connectivity index (χ4v) is 4.05. The lowest BCUT2D eigenvalue weighted by molar-refractivity contribution is 0.240. The van der Waals surface area contributed by atoms with Crippen molar-refractivity contribution in [2.24, 2.45) is 0 Å². The van der Waals surface area contributed by atoms with Crippen molar-refractivity contribution in [3.8, 4) is 11.4 Å². The summed E-state index contributed by atoms with van der Waals surface area (Å²) in [5, 5.41) is 3.60. The number of pyridine rings is 1. The van der Waals surface area contributed by atoms with Gasteiger partial charge in [0.1, 0.15) is 11.6 Å². The van der Waals surface area contributed by atoms with Crippen LogP contribution in [0.1, 0.15) is 23.7 Å². The van der Waals surface area contributed by atoms with Crippen LogP contribution in [0, 0.1) is 5.82 Å². The molecule has 0 bridgehead atoms. The second kappa shape index (κ2) is 9.49. The summed E-state index contributed by atoms with van der Waals surface area (Å²) in [6.07, 6.45) is 4.33. The number of anilines is 1. The van der Waals surface area contributed by atoms with E-state index in [4.69, 9.17) is 9.97 Å². The van der Waals surface area contributed by atoms with Crippen molar-refractivity contribution in [1.82, 2.24) is 24.8 Å². The molecule has 1 atom stereocenters. The topological polar surface area (TPSA) is 57.2 Å². The molecule has 4 rings (SSSR count). The minimum atomic E-state index is -0.157. The quantitative estimate of drug-likeness (QED) is 0.630. The first-order valence-corrected chi connectivity index (χ1v) is 10.7. The van der Waals surface area contributed by atoms with Crippen LogP contribution in [-0.4, -0.2) is 58.0 Å². The summed E-state index contributed by atoms with van der Waals surface area (Å²) in [4.78, 5) is 18.3. The minimum absolute atomic E-state index is 0.157. The van der Waals surface area contributed by atoms with Crippen molar-refractivity contribution in [2.45, 2.75) is 32.5 Å². The molecule has 0 saturated carbocycles. The number of hydrogen-bond donors (Lipinski definition) is 1. The molecule has 1 unspecified atom stereocenters. The van der Waals surface area contributed by atoms with Crippen LogP contribution in [0.2, 0.25) is 0 Å². The first kappa shape index (κ1) is 21.3. The number of hydrogen-bond acceptors (Lipinski definition) is 6. The molecule has 1 N–H and O–H groups in total. The minimum Gasteiger partial charge on any atom is -0.366 e. The maximum absolute atomic E-state index is 14.2. The van der Waals surface area contributed by atoms with Gasteiger partial charge in [-0.05, 0) is 39.2 Å². The molecule has 162 valence electrons. The average molecular weight is 421 g/mol. The van der Waals surface area contributed by atoms with Crippen LogP contribution in [0.25, 0.3) is 11.4 Å². The highest BCUT2D eigenvalue weighted by molar-refractivity contribution is 5.60. The third-order valence-corrected chi connectivity index (χ3v) is 5.45. The molecule has 0 fully saturated rings. The van der Waals surface area contributed by atoms with E-state index in [0.29, 0.717) is 18.9 Å². The second-order valence-electron chi connectivity index (χ2n) is 8.42. The van der Waals surface area contributed by atoms with Crippen molar-refractivity contribution in [3.05, 3.63) is 71.4 Å². The van der Waals surface area contributed by atoms with E-state index < -0.39 is 0 Å². The summed E-state index contributed by atoms with van der Waals surface area (Å²) >= 11 is 0. The number of aromatic nitrogens is 3. The predicted molar refractivity (Wildman–Crippen MR) is 121 cm³/mol. The smallest absolute Gasteiger partial charge is 0.161 e. The van der Waals surface area contributed by atoms with E-state index >= 15 is 0 Å². The molecule has 1 aliphatic rings. The summed E-state index contributed by atoms with van der Waals surface area (Å²) in [6.45, 7) is 5.14. The molecule has 3 heterocycles. The number of halogens is 1. The lowest BCUT2D eigenvalue weighted by Gasteiger charge is -2.31. The fourth-order valence-electron chi connectivity index (χ4n) is 4.05. The van der Waals surface area contributed by atoms with Gasteiger partial charge in [-0.15, -0.1) is 0 Å². The Balaban J connectivity index is 1.64. The van der Waals surface area contributed by atoms with E-state index in [1.165, 1.54) is 6.07 Å². The number of nitrogens with zero attached hydrogens (tertiary/aromatic N) is 5. The molecular formula is C24H29FN6. The largest absolute Gasteiger partial charge is 0.366 e. The van der Waals surface area contributed by atoms with Crippen LogP contribution >= 0.6 is 0 Å². The highest BCUT2D eigenvalue weighted by Gasteiger charge is 2.24. The lowest BCUT2D eigenvalue weighted by atomic mass is 10.0. The Hall–Kier alpha value is -2.90. The normalized spacial score (nSPS) is 15.0. The molecule has 3 aromatic rings. The van der Waals surface area contributed by atoms with E-state index in [0.717, 1.165) is 47.7 Å². The Labute approximate surface area is 183 Å². The standard InChI is InChI=1S/C24H29FN6/c1-17(14-30(2)3)27-24-20-16-31(15-19-6-4-5-7-21(19)25)13-10-22(20)28-23(29-24)18-8-11-26-12-9-18/h4-9,11-12,17H,10,13-16H2,1-3H3,(H,27,28,29). The first-order chi connectivity index (χ1) is 15.0. The van der Waals surface area contributed by atoms with Gasteiger partial charge in [0.15, 0.2) is 5.82 Å². The van der Waals surface area contributed by atoms with Gasteiger partial charge in [-0.2, -0.15) is 0 Å². The van der Waals surface area contributed by atoms with Gasteiger partial charge in [0.2, 0.25) is 0 Å². The Kier molecular flexibility index (Phi) is 6.53. The monoisotopic (exact) mass is 420 g/mol. The zero-order valence-corrected chi connectivity index (χ0v) is 18.3. The molecule has 0 saturated heterocycles. The van der Waals surface area contributed by atoms with E-state index in [1.54, 1.807) is 18.5 Å². The third-order valence-electron chi connectivity index (χ3n) is 5.45. The predicted octanol–water partition coefficient (Wildman–Crippen LogP) is 3.60. The number of rotatable bonds is 7. The Morgan fingerprint density at radius 3 is 2.65 bits per heavy atom. The number of likely N-dealkylation sites (N-methyl/N-ethyl adjacent to an activating group) is 1. The Morgan fingerprint density at radius 2 is 1.90 bits per heavy atom. The van der Waals surface area contributed by atoms with Crippen molar-refractivity contribution < 1.29 is 4.39 Å². The fraction of sp³-hybridized carbons (Fsp3) is 0.375. The maximum atomic E-state index is 14.2. The Morgan fingerprint density at radius 1 is 1.13 bits per heavy atom. The Bertz CT molecular complexity index is 1020. The molecule has 1 aliphatic heterocycles. The zero-order valence-electron chi connectivity index (χ0n) is 18.3. The van der Waals surface area contributed by atoms with Crippen molar-refractivity contribution in [2.75, 3.05) is 32.5 Å².